The van der Waals surface area contributed by atoms with Crippen molar-refractivity contribution in [2.24, 2.45) is 16.7 Å². The zero-order chi connectivity index (χ0) is 33.6. The van der Waals surface area contributed by atoms with Gasteiger partial charge in [0.2, 0.25) is 0 Å². The lowest BCUT2D eigenvalue weighted by atomic mass is 9.65. The van der Waals surface area contributed by atoms with Gasteiger partial charge in [-0.3, -0.25) is 9.59 Å². The molecule has 2 N–H and O–H groups in total. The van der Waals surface area contributed by atoms with Gasteiger partial charge < -0.3 is 15.4 Å². The molecule has 0 aliphatic carbocycles. The molecule has 3 atom stereocenters. The summed E-state index contributed by atoms with van der Waals surface area (Å²) in [5, 5.41) is 8.51. The van der Waals surface area contributed by atoms with Crippen LogP contribution in [0.1, 0.15) is 99.3 Å². The summed E-state index contributed by atoms with van der Waals surface area (Å²) in [7, 11) is 0. The van der Waals surface area contributed by atoms with Crippen molar-refractivity contribution in [1.82, 2.24) is 10.6 Å². The second-order valence-electron chi connectivity index (χ2n) is 13.9. The summed E-state index contributed by atoms with van der Waals surface area (Å²) in [5.41, 5.74) is 0.823. The van der Waals surface area contributed by atoms with Gasteiger partial charge in [-0.2, -0.15) is 0 Å². The molecule has 0 radical (unpaired) electrons. The number of hydrogen-bond donors (Lipinski definition) is 2. The van der Waals surface area contributed by atoms with Crippen molar-refractivity contribution in [3.05, 3.63) is 92.9 Å². The number of para-hydroxylation sites is 1. The monoisotopic (exact) mass is 696 g/mol. The SMILES string of the molecule is CC(C)C[C@@]1(C(=O)c2ccc(Cl)c(Cl)c2)CC[C@@H]2CC[C@H]1N2.CCCC1(C(=O)c2ccc(Cl)c(Oc3ccccc3)c2)CCNCC1. The van der Waals surface area contributed by atoms with Gasteiger partial charge in [-0.25, -0.2) is 0 Å². The van der Waals surface area contributed by atoms with Crippen molar-refractivity contribution >= 4 is 46.4 Å². The third-order valence-corrected chi connectivity index (χ3v) is 11.2. The quantitative estimate of drug-likeness (QED) is 0.206. The number of ketones is 2. The fourth-order valence-corrected chi connectivity index (χ4v) is 8.42. The van der Waals surface area contributed by atoms with Crippen LogP contribution in [-0.4, -0.2) is 36.7 Å². The van der Waals surface area contributed by atoms with Crippen molar-refractivity contribution in [3.63, 3.8) is 0 Å². The van der Waals surface area contributed by atoms with Gasteiger partial charge in [0, 0.05) is 34.0 Å². The van der Waals surface area contributed by atoms with Crippen molar-refractivity contribution < 1.29 is 14.3 Å². The lowest BCUT2D eigenvalue weighted by Crippen LogP contribution is -2.53. The summed E-state index contributed by atoms with van der Waals surface area (Å²) in [6, 6.07) is 21.0. The Morgan fingerprint density at radius 1 is 0.830 bits per heavy atom. The third-order valence-electron chi connectivity index (χ3n) is 10.2. The van der Waals surface area contributed by atoms with Crippen LogP contribution in [0.5, 0.6) is 11.5 Å². The Labute approximate surface area is 295 Å². The van der Waals surface area contributed by atoms with Crippen molar-refractivity contribution in [3.8, 4) is 11.5 Å². The highest BCUT2D eigenvalue weighted by molar-refractivity contribution is 6.42. The number of carbonyl (C=O) groups is 2. The highest BCUT2D eigenvalue weighted by atomic mass is 35.5. The van der Waals surface area contributed by atoms with Crippen LogP contribution in [0.25, 0.3) is 0 Å². The van der Waals surface area contributed by atoms with Gasteiger partial charge in [0.15, 0.2) is 11.6 Å². The summed E-state index contributed by atoms with van der Waals surface area (Å²) >= 11 is 18.4. The molecule has 3 fully saturated rings. The normalized spacial score (nSPS) is 23.1. The average Bonchev–Trinajstić information content (AvgIpc) is 3.49. The van der Waals surface area contributed by atoms with Gasteiger partial charge in [-0.1, -0.05) is 80.2 Å². The predicted octanol–water partition coefficient (Wildman–Crippen LogP) is 10.6. The summed E-state index contributed by atoms with van der Waals surface area (Å²) in [5.74, 6) is 2.17. The van der Waals surface area contributed by atoms with Gasteiger partial charge in [-0.15, -0.1) is 0 Å². The molecular formula is C39H47Cl3N2O3. The maximum atomic E-state index is 13.4. The summed E-state index contributed by atoms with van der Waals surface area (Å²) in [6.07, 6.45) is 9.00. The molecule has 3 heterocycles. The van der Waals surface area contributed by atoms with E-state index in [9.17, 15) is 9.59 Å². The van der Waals surface area contributed by atoms with E-state index < -0.39 is 0 Å². The number of nitrogens with one attached hydrogen (secondary N) is 2. The predicted molar refractivity (Wildman–Crippen MR) is 194 cm³/mol. The first-order valence-electron chi connectivity index (χ1n) is 17.1. The molecule has 0 aromatic heterocycles. The van der Waals surface area contributed by atoms with Crippen LogP contribution >= 0.6 is 34.8 Å². The van der Waals surface area contributed by atoms with Gasteiger partial charge in [0.05, 0.1) is 15.1 Å². The maximum absolute atomic E-state index is 13.4. The Hall–Kier alpha value is -2.41. The average molecular weight is 698 g/mol. The molecule has 0 amide bonds. The molecule has 0 saturated carbocycles. The van der Waals surface area contributed by atoms with Crippen LogP contribution in [0.4, 0.5) is 0 Å². The van der Waals surface area contributed by atoms with Crippen molar-refractivity contribution in [2.45, 2.75) is 90.6 Å². The molecule has 8 heteroatoms. The fraction of sp³-hybridized carbons (Fsp3) is 0.487. The zero-order valence-corrected chi connectivity index (χ0v) is 30.0. The topological polar surface area (TPSA) is 67.4 Å². The molecule has 3 aliphatic heterocycles. The highest BCUT2D eigenvalue weighted by Crippen LogP contribution is 2.47. The summed E-state index contributed by atoms with van der Waals surface area (Å²) in [6.45, 7) is 8.33. The van der Waals surface area contributed by atoms with E-state index >= 15 is 0 Å². The van der Waals surface area contributed by atoms with Crippen molar-refractivity contribution in [1.29, 1.82) is 0 Å². The molecule has 47 heavy (non-hydrogen) atoms. The molecule has 252 valence electrons. The lowest BCUT2D eigenvalue weighted by Gasteiger charge is -2.43. The molecule has 3 aliphatic rings. The molecular weight excluding hydrogens is 651 g/mol. The van der Waals surface area contributed by atoms with Gasteiger partial charge in [0.25, 0.3) is 0 Å². The Balaban J connectivity index is 0.000000186. The second kappa shape index (κ2) is 15.9. The van der Waals surface area contributed by atoms with Gasteiger partial charge >= 0.3 is 0 Å². The van der Waals surface area contributed by atoms with Gasteiger partial charge in [0.1, 0.15) is 11.5 Å². The van der Waals surface area contributed by atoms with E-state index in [0.717, 1.165) is 64.5 Å². The number of Topliss-reactive ketones (excluding diaryl/α,β-unsaturated/α-hetero) is 2. The van der Waals surface area contributed by atoms with Crippen molar-refractivity contribution in [2.75, 3.05) is 13.1 Å². The van der Waals surface area contributed by atoms with E-state index in [2.05, 4.69) is 31.4 Å². The molecule has 5 nitrogen and oxygen atoms in total. The van der Waals surface area contributed by atoms with E-state index in [1.54, 1.807) is 24.3 Å². The molecule has 6 rings (SSSR count). The Bertz CT molecular complexity index is 1530. The number of benzene rings is 3. The number of rotatable bonds is 10. The Morgan fingerprint density at radius 2 is 1.51 bits per heavy atom. The molecule has 0 spiro atoms. The van der Waals surface area contributed by atoms with E-state index in [0.29, 0.717) is 55.7 Å². The fourth-order valence-electron chi connectivity index (χ4n) is 7.97. The van der Waals surface area contributed by atoms with Crippen LogP contribution in [0, 0.1) is 16.7 Å². The van der Waals surface area contributed by atoms with Crippen LogP contribution in [0.15, 0.2) is 66.7 Å². The smallest absolute Gasteiger partial charge is 0.170 e. The van der Waals surface area contributed by atoms with Crippen LogP contribution in [-0.2, 0) is 0 Å². The zero-order valence-electron chi connectivity index (χ0n) is 27.7. The van der Waals surface area contributed by atoms with Crippen LogP contribution in [0.2, 0.25) is 15.1 Å². The molecule has 3 aromatic rings. The first kappa shape index (κ1) is 35.9. The van der Waals surface area contributed by atoms with Crippen LogP contribution < -0.4 is 15.4 Å². The van der Waals surface area contributed by atoms with E-state index in [1.165, 1.54) is 6.42 Å². The summed E-state index contributed by atoms with van der Waals surface area (Å²) < 4.78 is 5.88. The maximum Gasteiger partial charge on any atom is 0.170 e. The van der Waals surface area contributed by atoms with Crippen LogP contribution in [0.3, 0.4) is 0 Å². The molecule has 0 unspecified atom stereocenters. The van der Waals surface area contributed by atoms with E-state index in [4.69, 9.17) is 39.5 Å². The molecule has 3 saturated heterocycles. The number of fused-ring (bicyclic) bond motifs is 2. The second-order valence-corrected chi connectivity index (χ2v) is 15.1. The first-order valence-corrected chi connectivity index (χ1v) is 18.2. The van der Waals surface area contributed by atoms with E-state index in [-0.39, 0.29) is 22.4 Å². The summed E-state index contributed by atoms with van der Waals surface area (Å²) in [4.78, 5) is 26.7. The minimum absolute atomic E-state index is 0.213. The van der Waals surface area contributed by atoms with E-state index in [1.807, 2.05) is 42.5 Å². The minimum atomic E-state index is -0.293. The molecule has 3 aromatic carbocycles. The Kier molecular flexibility index (Phi) is 12.1. The minimum Gasteiger partial charge on any atom is -0.456 e. The number of carbonyl (C=O) groups excluding carboxylic acids is 2. The van der Waals surface area contributed by atoms with Gasteiger partial charge in [-0.05, 0) is 119 Å². The number of piperidine rings is 2. The Morgan fingerprint density at radius 3 is 2.17 bits per heavy atom. The molecule has 2 bridgehead atoms. The number of halogens is 3. The standard InChI is InChI=1S/C21H24ClNO2.C18H23Cl2NO/c1-2-10-21(11-13-23-14-12-21)20(24)16-8-9-18(22)19(15-16)25-17-6-4-3-5-7-17;1-11(2)10-18(8-7-13-4-6-16(18)21-13)17(22)12-3-5-14(19)15(20)9-12/h3-9,15,23H,2,10-14H2,1H3;3,5,9,11,13,16,21H,4,6-8,10H2,1-2H3/t;13-,16+,18-/m.0/s1. The first-order chi connectivity index (χ1) is 22.6. The number of ether oxygens (including phenoxy) is 1. The third kappa shape index (κ3) is 8.25. The number of hydrogen-bond acceptors (Lipinski definition) is 5. The highest BCUT2D eigenvalue weighted by Gasteiger charge is 2.51. The lowest BCUT2D eigenvalue weighted by molar-refractivity contribution is 0.0578. The largest absolute Gasteiger partial charge is 0.456 e.